The molecule has 1 aliphatic heterocycles. The van der Waals surface area contributed by atoms with Gasteiger partial charge < -0.3 is 10.2 Å². The Morgan fingerprint density at radius 2 is 2.04 bits per heavy atom. The Hall–Kier alpha value is -1.56. The second kappa shape index (κ2) is 9.40. The lowest BCUT2D eigenvalue weighted by atomic mass is 10.0. The van der Waals surface area contributed by atoms with Gasteiger partial charge in [-0.1, -0.05) is 30.7 Å². The minimum Gasteiger partial charge on any atom is -0.335 e. The third-order valence-corrected chi connectivity index (χ3v) is 5.12. The summed E-state index contributed by atoms with van der Waals surface area (Å²) in [7, 11) is 0. The molecular formula is C19H26Cl2N4O. The van der Waals surface area contributed by atoms with E-state index in [4.69, 9.17) is 11.6 Å². The number of piperidine rings is 1. The van der Waals surface area contributed by atoms with Crippen molar-refractivity contribution in [2.24, 2.45) is 0 Å². The maximum atomic E-state index is 13.2. The number of carbonyl (C=O) groups excluding carboxylic acids is 1. The SMILES string of the molecule is CCCN(C(=O)c1cnn(-c2ccccc2Cl)c1C)C1CCNCC1.Cl. The minimum absolute atomic E-state index is 0. The molecule has 1 aromatic heterocycles. The van der Waals surface area contributed by atoms with Gasteiger partial charge in [0, 0.05) is 12.6 Å². The van der Waals surface area contributed by atoms with Gasteiger partial charge in [0.2, 0.25) is 0 Å². The zero-order valence-electron chi connectivity index (χ0n) is 15.2. The molecule has 142 valence electrons. The van der Waals surface area contributed by atoms with E-state index in [-0.39, 0.29) is 18.3 Å². The van der Waals surface area contributed by atoms with Crippen LogP contribution < -0.4 is 5.32 Å². The number of rotatable bonds is 5. The number of aromatic nitrogens is 2. The maximum Gasteiger partial charge on any atom is 0.257 e. The van der Waals surface area contributed by atoms with E-state index in [0.29, 0.717) is 16.6 Å². The molecule has 0 unspecified atom stereocenters. The van der Waals surface area contributed by atoms with Crippen LogP contribution in [0.15, 0.2) is 30.5 Å². The first-order valence-corrected chi connectivity index (χ1v) is 9.32. The smallest absolute Gasteiger partial charge is 0.257 e. The Bertz CT molecular complexity index is 741. The largest absolute Gasteiger partial charge is 0.335 e. The second-order valence-electron chi connectivity index (χ2n) is 6.49. The van der Waals surface area contributed by atoms with Crippen LogP contribution >= 0.6 is 24.0 Å². The Kier molecular flexibility index (Phi) is 7.50. The summed E-state index contributed by atoms with van der Waals surface area (Å²) in [6.07, 6.45) is 4.63. The Morgan fingerprint density at radius 1 is 1.35 bits per heavy atom. The fourth-order valence-corrected chi connectivity index (χ4v) is 3.67. The lowest BCUT2D eigenvalue weighted by Crippen LogP contribution is -2.46. The van der Waals surface area contributed by atoms with Gasteiger partial charge in [-0.15, -0.1) is 12.4 Å². The van der Waals surface area contributed by atoms with Crippen molar-refractivity contribution in [1.29, 1.82) is 0 Å². The fraction of sp³-hybridized carbons (Fsp3) is 0.474. The van der Waals surface area contributed by atoms with Gasteiger partial charge in [-0.3, -0.25) is 4.79 Å². The molecule has 1 aliphatic rings. The number of halogens is 2. The number of carbonyl (C=O) groups is 1. The molecule has 1 N–H and O–H groups in total. The number of para-hydroxylation sites is 1. The van der Waals surface area contributed by atoms with E-state index in [1.807, 2.05) is 36.1 Å². The van der Waals surface area contributed by atoms with Crippen molar-refractivity contribution >= 4 is 29.9 Å². The monoisotopic (exact) mass is 396 g/mol. The zero-order valence-corrected chi connectivity index (χ0v) is 16.8. The predicted molar refractivity (Wildman–Crippen MR) is 108 cm³/mol. The van der Waals surface area contributed by atoms with Crippen molar-refractivity contribution < 1.29 is 4.79 Å². The number of nitrogens with zero attached hydrogens (tertiary/aromatic N) is 3. The third-order valence-electron chi connectivity index (χ3n) is 4.80. The molecule has 0 radical (unpaired) electrons. The fourth-order valence-electron chi connectivity index (χ4n) is 3.45. The second-order valence-corrected chi connectivity index (χ2v) is 6.89. The summed E-state index contributed by atoms with van der Waals surface area (Å²) in [6.45, 7) is 6.75. The van der Waals surface area contributed by atoms with Crippen molar-refractivity contribution in [1.82, 2.24) is 20.0 Å². The van der Waals surface area contributed by atoms with E-state index in [1.54, 1.807) is 10.9 Å². The molecule has 0 saturated carbocycles. The summed E-state index contributed by atoms with van der Waals surface area (Å²) in [5, 5.41) is 8.41. The van der Waals surface area contributed by atoms with Crippen LogP contribution in [-0.2, 0) is 0 Å². The summed E-state index contributed by atoms with van der Waals surface area (Å²) >= 11 is 6.29. The number of hydrogen-bond acceptors (Lipinski definition) is 3. The Labute approximate surface area is 166 Å². The molecule has 2 heterocycles. The zero-order chi connectivity index (χ0) is 17.8. The molecule has 1 aromatic carbocycles. The third kappa shape index (κ3) is 4.22. The average molecular weight is 397 g/mol. The molecule has 5 nitrogen and oxygen atoms in total. The highest BCUT2D eigenvalue weighted by molar-refractivity contribution is 6.32. The molecule has 0 bridgehead atoms. The quantitative estimate of drug-likeness (QED) is 0.834. The van der Waals surface area contributed by atoms with Gasteiger partial charge in [-0.25, -0.2) is 4.68 Å². The summed E-state index contributed by atoms with van der Waals surface area (Å²) in [5.74, 6) is 0.0737. The van der Waals surface area contributed by atoms with Gasteiger partial charge in [0.15, 0.2) is 0 Å². The topological polar surface area (TPSA) is 50.2 Å². The molecular weight excluding hydrogens is 371 g/mol. The van der Waals surface area contributed by atoms with E-state index < -0.39 is 0 Å². The first-order valence-electron chi connectivity index (χ1n) is 8.94. The molecule has 0 atom stereocenters. The molecule has 2 aromatic rings. The summed E-state index contributed by atoms with van der Waals surface area (Å²) in [5.41, 5.74) is 2.28. The standard InChI is InChI=1S/C19H25ClN4O.ClH/c1-3-12-23(15-8-10-21-11-9-15)19(25)16-13-22-24(14(16)2)18-7-5-4-6-17(18)20;/h4-7,13,15,21H,3,8-12H2,1-2H3;1H. The molecule has 7 heteroatoms. The molecule has 1 fully saturated rings. The Morgan fingerprint density at radius 3 is 2.69 bits per heavy atom. The predicted octanol–water partition coefficient (Wildman–Crippen LogP) is 3.86. The number of benzene rings is 1. The first kappa shape index (κ1) is 20.7. The summed E-state index contributed by atoms with van der Waals surface area (Å²) in [4.78, 5) is 15.2. The van der Waals surface area contributed by atoms with Crippen LogP contribution in [0.3, 0.4) is 0 Å². The normalized spacial score (nSPS) is 14.7. The van der Waals surface area contributed by atoms with Crippen molar-refractivity contribution in [3.8, 4) is 5.69 Å². The van der Waals surface area contributed by atoms with Crippen LogP contribution in [0.25, 0.3) is 5.69 Å². The highest BCUT2D eigenvalue weighted by Crippen LogP contribution is 2.24. The molecule has 0 spiro atoms. The number of nitrogens with one attached hydrogen (secondary N) is 1. The van der Waals surface area contributed by atoms with E-state index in [0.717, 1.165) is 50.3 Å². The van der Waals surface area contributed by atoms with Crippen LogP contribution in [0.2, 0.25) is 5.02 Å². The number of hydrogen-bond donors (Lipinski definition) is 1. The van der Waals surface area contributed by atoms with Crippen molar-refractivity contribution in [2.45, 2.75) is 39.2 Å². The van der Waals surface area contributed by atoms with Gasteiger partial charge in [0.1, 0.15) is 0 Å². The molecule has 26 heavy (non-hydrogen) atoms. The van der Waals surface area contributed by atoms with Crippen LogP contribution in [-0.4, -0.2) is 46.3 Å². The van der Waals surface area contributed by atoms with Gasteiger partial charge in [-0.2, -0.15) is 5.10 Å². The lowest BCUT2D eigenvalue weighted by molar-refractivity contribution is 0.0642. The van der Waals surface area contributed by atoms with Crippen molar-refractivity contribution in [3.63, 3.8) is 0 Å². The van der Waals surface area contributed by atoms with Crippen LogP contribution in [0, 0.1) is 6.92 Å². The van der Waals surface area contributed by atoms with E-state index in [1.165, 1.54) is 0 Å². The number of amides is 1. The van der Waals surface area contributed by atoms with Gasteiger partial charge >= 0.3 is 0 Å². The Balaban J connectivity index is 0.00000243. The van der Waals surface area contributed by atoms with E-state index in [9.17, 15) is 4.79 Å². The maximum absolute atomic E-state index is 13.2. The molecule has 1 saturated heterocycles. The lowest BCUT2D eigenvalue weighted by Gasteiger charge is -2.34. The van der Waals surface area contributed by atoms with E-state index in [2.05, 4.69) is 17.3 Å². The van der Waals surface area contributed by atoms with Crippen molar-refractivity contribution in [2.75, 3.05) is 19.6 Å². The first-order chi connectivity index (χ1) is 12.1. The molecule has 3 rings (SSSR count). The van der Waals surface area contributed by atoms with Gasteiger partial charge in [-0.05, 0) is 51.4 Å². The van der Waals surface area contributed by atoms with Crippen LogP contribution in [0.1, 0.15) is 42.2 Å². The molecule has 1 amide bonds. The van der Waals surface area contributed by atoms with Crippen LogP contribution in [0.4, 0.5) is 0 Å². The highest BCUT2D eigenvalue weighted by atomic mass is 35.5. The minimum atomic E-state index is 0. The average Bonchev–Trinajstić information content (AvgIpc) is 3.01. The summed E-state index contributed by atoms with van der Waals surface area (Å²) in [6, 6.07) is 7.85. The van der Waals surface area contributed by atoms with Crippen LogP contribution in [0.5, 0.6) is 0 Å². The summed E-state index contributed by atoms with van der Waals surface area (Å²) < 4.78 is 1.75. The van der Waals surface area contributed by atoms with Gasteiger partial charge in [0.25, 0.3) is 5.91 Å². The van der Waals surface area contributed by atoms with E-state index >= 15 is 0 Å². The molecule has 0 aliphatic carbocycles. The van der Waals surface area contributed by atoms with Gasteiger partial charge in [0.05, 0.1) is 28.2 Å². The van der Waals surface area contributed by atoms with Crippen molar-refractivity contribution in [3.05, 3.63) is 46.7 Å². The highest BCUT2D eigenvalue weighted by Gasteiger charge is 2.28.